The van der Waals surface area contributed by atoms with Crippen molar-refractivity contribution < 1.29 is 22.5 Å². The van der Waals surface area contributed by atoms with E-state index in [2.05, 4.69) is 20.4 Å². The topological polar surface area (TPSA) is 74.5 Å². The fraction of sp³-hybridized carbons (Fsp3) is 0.471. The lowest BCUT2D eigenvalue weighted by Crippen LogP contribution is -2.48. The number of aryl methyl sites for hydroxylation is 1. The quantitative estimate of drug-likeness (QED) is 0.806. The number of nitrogens with zero attached hydrogens (tertiary/aromatic N) is 4. The SMILES string of the molecule is Cc1noc(CN2CCN(CC(=O)Nc3cc(C(F)(F)F)ccc3Cl)CC2)n1. The molecule has 1 amide bonds. The zero-order valence-electron chi connectivity index (χ0n) is 15.1. The number of nitrogens with one attached hydrogen (secondary N) is 1. The van der Waals surface area contributed by atoms with Crippen molar-refractivity contribution >= 4 is 23.2 Å². The minimum atomic E-state index is -4.50. The summed E-state index contributed by atoms with van der Waals surface area (Å²) < 4.78 is 43.6. The lowest BCUT2D eigenvalue weighted by Gasteiger charge is -2.33. The molecule has 3 rings (SSSR count). The van der Waals surface area contributed by atoms with Crippen molar-refractivity contribution in [3.8, 4) is 0 Å². The number of halogens is 4. The largest absolute Gasteiger partial charge is 0.416 e. The Hall–Kier alpha value is -2.17. The fourth-order valence-corrected chi connectivity index (χ4v) is 3.06. The average Bonchev–Trinajstić information content (AvgIpc) is 3.02. The number of alkyl halides is 3. The average molecular weight is 418 g/mol. The number of hydrogen-bond acceptors (Lipinski definition) is 6. The summed E-state index contributed by atoms with van der Waals surface area (Å²) in [5, 5.41) is 6.27. The van der Waals surface area contributed by atoms with Crippen LogP contribution in [0, 0.1) is 6.92 Å². The van der Waals surface area contributed by atoms with E-state index in [0.29, 0.717) is 44.4 Å². The van der Waals surface area contributed by atoms with Gasteiger partial charge in [-0.1, -0.05) is 16.8 Å². The molecule has 1 N–H and O–H groups in total. The highest BCUT2D eigenvalue weighted by molar-refractivity contribution is 6.33. The second-order valence-electron chi connectivity index (χ2n) is 6.53. The Kier molecular flexibility index (Phi) is 6.21. The molecule has 0 radical (unpaired) electrons. The molecular formula is C17H19ClF3N5O2. The molecule has 1 aromatic carbocycles. The van der Waals surface area contributed by atoms with Crippen LogP contribution in [0.4, 0.5) is 18.9 Å². The van der Waals surface area contributed by atoms with Gasteiger partial charge in [-0.25, -0.2) is 0 Å². The second-order valence-corrected chi connectivity index (χ2v) is 6.94. The molecule has 7 nitrogen and oxygen atoms in total. The third-order valence-corrected chi connectivity index (χ3v) is 4.66. The van der Waals surface area contributed by atoms with Crippen LogP contribution in [-0.2, 0) is 17.5 Å². The number of aromatic nitrogens is 2. The Morgan fingerprint density at radius 3 is 2.54 bits per heavy atom. The molecule has 1 aliphatic rings. The summed E-state index contributed by atoms with van der Waals surface area (Å²) in [5.74, 6) is 0.712. The summed E-state index contributed by atoms with van der Waals surface area (Å²) in [7, 11) is 0. The summed E-state index contributed by atoms with van der Waals surface area (Å²) in [6, 6.07) is 2.84. The molecule has 2 aromatic rings. The first-order valence-corrected chi connectivity index (χ1v) is 8.99. The van der Waals surface area contributed by atoms with Crippen LogP contribution in [0.25, 0.3) is 0 Å². The molecule has 0 spiro atoms. The molecule has 0 bridgehead atoms. The number of rotatable bonds is 5. The molecular weight excluding hydrogens is 399 g/mol. The maximum absolute atomic E-state index is 12.8. The van der Waals surface area contributed by atoms with Crippen LogP contribution in [0.15, 0.2) is 22.7 Å². The molecule has 0 aliphatic carbocycles. The first kappa shape index (κ1) is 20.6. The zero-order chi connectivity index (χ0) is 20.3. The van der Waals surface area contributed by atoms with Gasteiger partial charge in [0.1, 0.15) is 0 Å². The van der Waals surface area contributed by atoms with Gasteiger partial charge in [-0.3, -0.25) is 14.6 Å². The van der Waals surface area contributed by atoms with Crippen LogP contribution in [0.2, 0.25) is 5.02 Å². The highest BCUT2D eigenvalue weighted by Gasteiger charge is 2.31. The normalized spacial score (nSPS) is 16.3. The molecule has 152 valence electrons. The van der Waals surface area contributed by atoms with Gasteiger partial charge >= 0.3 is 6.18 Å². The van der Waals surface area contributed by atoms with Gasteiger partial charge in [-0.15, -0.1) is 0 Å². The third kappa shape index (κ3) is 5.43. The van der Waals surface area contributed by atoms with Crippen molar-refractivity contribution in [2.45, 2.75) is 19.6 Å². The van der Waals surface area contributed by atoms with Gasteiger partial charge in [-0.2, -0.15) is 18.2 Å². The maximum Gasteiger partial charge on any atom is 0.416 e. The number of hydrogen-bond donors (Lipinski definition) is 1. The van der Waals surface area contributed by atoms with Crippen LogP contribution in [0.3, 0.4) is 0 Å². The number of carbonyl (C=O) groups is 1. The van der Waals surface area contributed by atoms with Crippen molar-refractivity contribution in [2.24, 2.45) is 0 Å². The standard InChI is InChI=1S/C17H19ClF3N5O2/c1-11-22-16(28-24-11)10-26-6-4-25(5-7-26)9-15(27)23-14-8-12(17(19,20)21)2-3-13(14)18/h2-3,8H,4-7,9-10H2,1H3,(H,23,27). The van der Waals surface area contributed by atoms with E-state index < -0.39 is 17.6 Å². The van der Waals surface area contributed by atoms with Gasteiger partial charge in [0.05, 0.1) is 29.4 Å². The van der Waals surface area contributed by atoms with Gasteiger partial charge in [-0.05, 0) is 25.1 Å². The highest BCUT2D eigenvalue weighted by Crippen LogP contribution is 2.33. The van der Waals surface area contributed by atoms with Gasteiger partial charge in [0, 0.05) is 26.2 Å². The summed E-state index contributed by atoms with van der Waals surface area (Å²) in [4.78, 5) is 20.4. The van der Waals surface area contributed by atoms with Crippen molar-refractivity contribution in [3.05, 3.63) is 40.5 Å². The van der Waals surface area contributed by atoms with E-state index >= 15 is 0 Å². The van der Waals surface area contributed by atoms with E-state index in [0.717, 1.165) is 18.2 Å². The number of benzene rings is 1. The Morgan fingerprint density at radius 2 is 1.93 bits per heavy atom. The van der Waals surface area contributed by atoms with Gasteiger partial charge < -0.3 is 9.84 Å². The van der Waals surface area contributed by atoms with Crippen molar-refractivity contribution in [1.29, 1.82) is 0 Å². The molecule has 0 atom stereocenters. The number of carbonyl (C=O) groups excluding carboxylic acids is 1. The molecule has 1 fully saturated rings. The Morgan fingerprint density at radius 1 is 1.25 bits per heavy atom. The van der Waals surface area contributed by atoms with Crippen LogP contribution in [0.5, 0.6) is 0 Å². The first-order chi connectivity index (χ1) is 13.2. The minimum Gasteiger partial charge on any atom is -0.338 e. The Balaban J connectivity index is 1.50. The summed E-state index contributed by atoms with van der Waals surface area (Å²) in [6.45, 7) is 5.05. The summed E-state index contributed by atoms with van der Waals surface area (Å²) >= 11 is 5.91. The van der Waals surface area contributed by atoms with Gasteiger partial charge in [0.25, 0.3) is 0 Å². The fourth-order valence-electron chi connectivity index (χ4n) is 2.89. The maximum atomic E-state index is 12.8. The molecule has 0 unspecified atom stereocenters. The molecule has 11 heteroatoms. The smallest absolute Gasteiger partial charge is 0.338 e. The lowest BCUT2D eigenvalue weighted by atomic mass is 10.2. The van der Waals surface area contributed by atoms with E-state index in [1.54, 1.807) is 6.92 Å². The molecule has 2 heterocycles. The van der Waals surface area contributed by atoms with Crippen molar-refractivity contribution in [3.63, 3.8) is 0 Å². The van der Waals surface area contributed by atoms with Crippen LogP contribution >= 0.6 is 11.6 Å². The first-order valence-electron chi connectivity index (χ1n) is 8.61. The number of anilines is 1. The molecule has 28 heavy (non-hydrogen) atoms. The van der Waals surface area contributed by atoms with Gasteiger partial charge in [0.2, 0.25) is 11.8 Å². The van der Waals surface area contributed by atoms with Crippen molar-refractivity contribution in [2.75, 3.05) is 38.0 Å². The molecule has 1 aliphatic heterocycles. The second kappa shape index (κ2) is 8.46. The zero-order valence-corrected chi connectivity index (χ0v) is 15.8. The highest BCUT2D eigenvalue weighted by atomic mass is 35.5. The number of piperazine rings is 1. The van der Waals surface area contributed by atoms with E-state index in [1.165, 1.54) is 0 Å². The van der Waals surface area contributed by atoms with Crippen LogP contribution < -0.4 is 5.32 Å². The molecule has 1 saturated heterocycles. The predicted molar refractivity (Wildman–Crippen MR) is 95.8 cm³/mol. The Bertz CT molecular complexity index is 834. The van der Waals surface area contributed by atoms with E-state index in [9.17, 15) is 18.0 Å². The monoisotopic (exact) mass is 417 g/mol. The third-order valence-electron chi connectivity index (χ3n) is 4.33. The van der Waals surface area contributed by atoms with Gasteiger partial charge in [0.15, 0.2) is 5.82 Å². The van der Waals surface area contributed by atoms with Crippen LogP contribution in [-0.4, -0.2) is 58.6 Å². The van der Waals surface area contributed by atoms with E-state index in [1.807, 2.05) is 4.90 Å². The molecule has 0 saturated carbocycles. The number of amides is 1. The summed E-state index contributed by atoms with van der Waals surface area (Å²) in [5.41, 5.74) is -0.913. The predicted octanol–water partition coefficient (Wildman–Crippen LogP) is 2.81. The lowest BCUT2D eigenvalue weighted by molar-refractivity contribution is -0.137. The van der Waals surface area contributed by atoms with E-state index in [-0.39, 0.29) is 17.3 Å². The minimum absolute atomic E-state index is 0.0492. The van der Waals surface area contributed by atoms with E-state index in [4.69, 9.17) is 16.1 Å². The summed E-state index contributed by atoms with van der Waals surface area (Å²) in [6.07, 6.45) is -4.50. The molecule has 1 aromatic heterocycles. The Labute approximate surface area is 164 Å². The van der Waals surface area contributed by atoms with Crippen LogP contribution in [0.1, 0.15) is 17.3 Å². The van der Waals surface area contributed by atoms with Crippen molar-refractivity contribution in [1.82, 2.24) is 19.9 Å².